The number of hydrogen-bond acceptors (Lipinski definition) is 5. The van der Waals surface area contributed by atoms with E-state index in [4.69, 9.17) is 11.6 Å². The summed E-state index contributed by atoms with van der Waals surface area (Å²) in [6, 6.07) is 9.54. The number of carbonyl (C=O) groups is 1. The summed E-state index contributed by atoms with van der Waals surface area (Å²) in [6.45, 7) is 7.72. The molecule has 32 heavy (non-hydrogen) atoms. The Balaban J connectivity index is 1.53. The van der Waals surface area contributed by atoms with E-state index in [9.17, 15) is 13.2 Å². The molecule has 1 aliphatic heterocycles. The van der Waals surface area contributed by atoms with Crippen LogP contribution in [0.4, 0.5) is 0 Å². The maximum atomic E-state index is 13.0. The second kappa shape index (κ2) is 9.38. The predicted octanol–water partition coefficient (Wildman–Crippen LogP) is 5.09. The molecule has 2 aromatic heterocycles. The lowest BCUT2D eigenvalue weighted by Crippen LogP contribution is -2.40. The Morgan fingerprint density at radius 3 is 2.50 bits per heavy atom. The minimum absolute atomic E-state index is 0.168. The third kappa shape index (κ3) is 4.59. The van der Waals surface area contributed by atoms with Gasteiger partial charge in [0.2, 0.25) is 0 Å². The summed E-state index contributed by atoms with van der Waals surface area (Å²) >= 11 is 8.49. The van der Waals surface area contributed by atoms with Gasteiger partial charge in [-0.2, -0.15) is 9.30 Å². The molecule has 0 saturated carbocycles. The third-order valence-electron chi connectivity index (χ3n) is 5.84. The number of hydrogen-bond donors (Lipinski definition) is 0. The first-order valence-corrected chi connectivity index (χ1v) is 14.1. The van der Waals surface area contributed by atoms with Crippen molar-refractivity contribution in [3.63, 3.8) is 0 Å². The van der Waals surface area contributed by atoms with Crippen LogP contribution >= 0.6 is 34.3 Å². The number of thiazole rings is 1. The van der Waals surface area contributed by atoms with Crippen LogP contribution in [-0.4, -0.2) is 36.3 Å². The molecule has 10 heteroatoms. The fourth-order valence-corrected chi connectivity index (χ4v) is 8.19. The summed E-state index contributed by atoms with van der Waals surface area (Å²) in [5, 5.41) is 0. The van der Waals surface area contributed by atoms with Crippen LogP contribution in [-0.2, 0) is 21.4 Å². The van der Waals surface area contributed by atoms with E-state index in [-0.39, 0.29) is 16.0 Å². The number of fused-ring (bicyclic) bond motifs is 1. The molecule has 3 aromatic rings. The van der Waals surface area contributed by atoms with Crippen LogP contribution in [0.5, 0.6) is 0 Å². The molecular weight excluding hydrogens is 486 g/mol. The second-order valence-corrected chi connectivity index (χ2v) is 13.1. The number of thiophene rings is 1. The lowest BCUT2D eigenvalue weighted by Gasteiger charge is -2.29. The molecular formula is C22H26ClN3O3S3. The van der Waals surface area contributed by atoms with Gasteiger partial charge in [0.25, 0.3) is 15.9 Å². The van der Waals surface area contributed by atoms with Crippen LogP contribution in [0.1, 0.15) is 45.1 Å². The van der Waals surface area contributed by atoms with Crippen molar-refractivity contribution in [2.24, 2.45) is 10.9 Å². The zero-order chi connectivity index (χ0) is 23.0. The average molecular weight is 512 g/mol. The number of aromatic nitrogens is 1. The highest BCUT2D eigenvalue weighted by Gasteiger charge is 2.33. The van der Waals surface area contributed by atoms with Crippen molar-refractivity contribution >= 4 is 60.4 Å². The molecule has 3 heterocycles. The topological polar surface area (TPSA) is 71.7 Å². The van der Waals surface area contributed by atoms with Gasteiger partial charge in [-0.25, -0.2) is 8.42 Å². The van der Waals surface area contributed by atoms with Crippen LogP contribution in [0.2, 0.25) is 4.34 Å². The number of amides is 1. The van der Waals surface area contributed by atoms with Crippen LogP contribution < -0.4 is 4.80 Å². The number of benzene rings is 1. The zero-order valence-electron chi connectivity index (χ0n) is 18.2. The third-order valence-corrected chi connectivity index (χ3v) is 10.5. The van der Waals surface area contributed by atoms with Gasteiger partial charge in [0.05, 0.1) is 14.6 Å². The van der Waals surface area contributed by atoms with Gasteiger partial charge in [0, 0.05) is 25.6 Å². The highest BCUT2D eigenvalue weighted by Crippen LogP contribution is 2.31. The van der Waals surface area contributed by atoms with E-state index in [0.29, 0.717) is 41.0 Å². The van der Waals surface area contributed by atoms with Gasteiger partial charge in [-0.3, -0.25) is 4.79 Å². The molecule has 1 amide bonds. The fraction of sp³-hybridized carbons (Fsp3) is 0.455. The summed E-state index contributed by atoms with van der Waals surface area (Å²) in [6.07, 6.45) is 0.935. The molecule has 4 rings (SSSR count). The average Bonchev–Trinajstić information content (AvgIpc) is 3.36. The highest BCUT2D eigenvalue weighted by molar-refractivity contribution is 7.91. The van der Waals surface area contributed by atoms with Gasteiger partial charge in [-0.15, -0.1) is 11.3 Å². The number of aryl methyl sites for hydroxylation is 1. The Bertz CT molecular complexity index is 1310. The van der Waals surface area contributed by atoms with Crippen LogP contribution in [0.3, 0.4) is 0 Å². The van der Waals surface area contributed by atoms with Crippen molar-refractivity contribution in [3.8, 4) is 0 Å². The Hall–Kier alpha value is -1.52. The van der Waals surface area contributed by atoms with Crippen molar-refractivity contribution in [1.82, 2.24) is 8.87 Å². The van der Waals surface area contributed by atoms with E-state index in [2.05, 4.69) is 41.6 Å². The molecule has 0 spiro atoms. The van der Waals surface area contributed by atoms with Gasteiger partial charge in [-0.1, -0.05) is 42.9 Å². The quantitative estimate of drug-likeness (QED) is 0.479. The van der Waals surface area contributed by atoms with E-state index in [1.165, 1.54) is 27.3 Å². The Kier molecular flexibility index (Phi) is 6.93. The number of halogens is 1. The first-order valence-electron chi connectivity index (χ1n) is 10.7. The molecule has 1 saturated heterocycles. The summed E-state index contributed by atoms with van der Waals surface area (Å²) < 4.78 is 30.9. The fourth-order valence-electron chi connectivity index (χ4n) is 3.93. The molecule has 1 fully saturated rings. The zero-order valence-corrected chi connectivity index (χ0v) is 21.5. The Morgan fingerprint density at radius 2 is 1.91 bits per heavy atom. The molecule has 1 aromatic carbocycles. The molecule has 172 valence electrons. The van der Waals surface area contributed by atoms with Gasteiger partial charge in [-0.05, 0) is 55.5 Å². The van der Waals surface area contributed by atoms with E-state index >= 15 is 0 Å². The molecule has 0 N–H and O–H groups in total. The Labute approximate surface area is 201 Å². The Morgan fingerprint density at radius 1 is 1.19 bits per heavy atom. The van der Waals surface area contributed by atoms with Gasteiger partial charge >= 0.3 is 0 Å². The van der Waals surface area contributed by atoms with Gasteiger partial charge in [0.15, 0.2) is 4.80 Å². The highest BCUT2D eigenvalue weighted by atomic mass is 35.5. The normalized spacial score (nSPS) is 17.0. The summed E-state index contributed by atoms with van der Waals surface area (Å²) in [5.74, 6) is -0.000522. The smallest absolute Gasteiger partial charge is 0.252 e. The lowest BCUT2D eigenvalue weighted by atomic mass is 9.98. The molecule has 6 nitrogen and oxygen atoms in total. The van der Waals surface area contributed by atoms with Crippen LogP contribution in [0.15, 0.2) is 39.5 Å². The largest absolute Gasteiger partial charge is 0.317 e. The SMILES string of the molecule is CCn1c(=NC(=O)C2CCN(S(=O)(=O)c3ccc(Cl)s3)CC2)sc2cc(C(C)C)ccc21. The molecule has 0 atom stereocenters. The van der Waals surface area contributed by atoms with Crippen LogP contribution in [0.25, 0.3) is 10.2 Å². The standard InChI is InChI=1S/C22H26ClN3O3S3/c1-4-26-17-6-5-16(14(2)3)13-18(17)30-22(26)24-21(27)15-9-11-25(12-10-15)32(28,29)20-8-7-19(23)31-20/h5-8,13-15H,4,9-12H2,1-3H3. The summed E-state index contributed by atoms with van der Waals surface area (Å²) in [4.78, 5) is 18.1. The van der Waals surface area contributed by atoms with Crippen molar-refractivity contribution in [3.05, 3.63) is 45.0 Å². The number of carbonyl (C=O) groups excluding carboxylic acids is 1. The molecule has 0 aliphatic carbocycles. The van der Waals surface area contributed by atoms with Crippen molar-refractivity contribution < 1.29 is 13.2 Å². The minimum atomic E-state index is -3.56. The number of nitrogens with zero attached hydrogens (tertiary/aromatic N) is 3. The first-order chi connectivity index (χ1) is 15.2. The summed E-state index contributed by atoms with van der Waals surface area (Å²) in [7, 11) is -3.56. The van der Waals surface area contributed by atoms with Crippen molar-refractivity contribution in [2.45, 2.75) is 50.3 Å². The molecule has 0 unspecified atom stereocenters. The maximum absolute atomic E-state index is 13.0. The second-order valence-electron chi connectivity index (χ2n) is 8.20. The number of piperidine rings is 1. The van der Waals surface area contributed by atoms with E-state index in [1.54, 1.807) is 6.07 Å². The molecule has 1 aliphatic rings. The van der Waals surface area contributed by atoms with E-state index in [1.807, 2.05) is 6.92 Å². The van der Waals surface area contributed by atoms with Crippen molar-refractivity contribution in [1.29, 1.82) is 0 Å². The van der Waals surface area contributed by atoms with Gasteiger partial charge in [0.1, 0.15) is 4.21 Å². The van der Waals surface area contributed by atoms with Crippen molar-refractivity contribution in [2.75, 3.05) is 13.1 Å². The van der Waals surface area contributed by atoms with Gasteiger partial charge < -0.3 is 4.57 Å². The lowest BCUT2D eigenvalue weighted by molar-refractivity contribution is -0.122. The summed E-state index contributed by atoms with van der Waals surface area (Å²) in [5.41, 5.74) is 2.35. The van der Waals surface area contributed by atoms with E-state index < -0.39 is 10.0 Å². The molecule has 0 radical (unpaired) electrons. The number of rotatable bonds is 5. The molecule has 0 bridgehead atoms. The van der Waals surface area contributed by atoms with E-state index in [0.717, 1.165) is 28.1 Å². The monoisotopic (exact) mass is 511 g/mol. The predicted molar refractivity (Wildman–Crippen MR) is 131 cm³/mol. The number of sulfonamides is 1. The minimum Gasteiger partial charge on any atom is -0.317 e. The van der Waals surface area contributed by atoms with Crippen LogP contribution in [0, 0.1) is 5.92 Å². The first kappa shape index (κ1) is 23.6. The maximum Gasteiger partial charge on any atom is 0.252 e.